The molecule has 156 valence electrons. The van der Waals surface area contributed by atoms with Gasteiger partial charge in [-0.1, -0.05) is 6.92 Å². The first-order chi connectivity index (χ1) is 14.5. The van der Waals surface area contributed by atoms with Gasteiger partial charge in [0.05, 0.1) is 12.2 Å². The molecule has 0 spiro atoms. The summed E-state index contributed by atoms with van der Waals surface area (Å²) in [5, 5.41) is 4.95. The molecule has 0 radical (unpaired) electrons. The predicted octanol–water partition coefficient (Wildman–Crippen LogP) is 3.20. The molecule has 11 heteroatoms. The van der Waals surface area contributed by atoms with Gasteiger partial charge in [0.1, 0.15) is 5.00 Å². The fourth-order valence-electron chi connectivity index (χ4n) is 2.32. The van der Waals surface area contributed by atoms with E-state index >= 15 is 0 Å². The summed E-state index contributed by atoms with van der Waals surface area (Å²) in [7, 11) is 0. The number of aromatic nitrogens is 3. The smallest absolute Gasteiger partial charge is 0.358 e. The number of thiophene rings is 1. The van der Waals surface area contributed by atoms with Crippen molar-refractivity contribution in [2.24, 2.45) is 0 Å². The van der Waals surface area contributed by atoms with Crippen molar-refractivity contribution in [3.8, 4) is 10.8 Å². The minimum absolute atomic E-state index is 0.0619. The molecule has 0 bridgehead atoms. The number of nitrogens with one attached hydrogen (secondary N) is 1. The number of hydrogen-bond acceptors (Lipinski definition) is 10. The molecule has 0 aliphatic carbocycles. The number of aryl methyl sites for hydroxylation is 1. The van der Waals surface area contributed by atoms with E-state index in [4.69, 9.17) is 9.47 Å². The zero-order valence-corrected chi connectivity index (χ0v) is 17.8. The number of amides is 1. The van der Waals surface area contributed by atoms with Crippen LogP contribution in [0.25, 0.3) is 10.8 Å². The lowest BCUT2D eigenvalue weighted by atomic mass is 10.2. The van der Waals surface area contributed by atoms with E-state index in [1.54, 1.807) is 31.5 Å². The van der Waals surface area contributed by atoms with Crippen molar-refractivity contribution >= 4 is 45.5 Å². The van der Waals surface area contributed by atoms with Gasteiger partial charge in [-0.15, -0.1) is 22.7 Å². The van der Waals surface area contributed by atoms with Gasteiger partial charge in [0.2, 0.25) is 0 Å². The van der Waals surface area contributed by atoms with Crippen LogP contribution in [-0.2, 0) is 20.7 Å². The van der Waals surface area contributed by atoms with Gasteiger partial charge in [0.25, 0.3) is 5.91 Å². The van der Waals surface area contributed by atoms with Crippen LogP contribution in [-0.4, -0.2) is 46.0 Å². The number of hydrogen-bond donors (Lipinski definition) is 1. The third-order valence-electron chi connectivity index (χ3n) is 3.68. The normalized spacial score (nSPS) is 10.5. The third kappa shape index (κ3) is 5.24. The number of carbonyl (C=O) groups is 3. The monoisotopic (exact) mass is 446 g/mol. The minimum atomic E-state index is -0.741. The Bertz CT molecular complexity index is 1050. The lowest BCUT2D eigenvalue weighted by Gasteiger charge is -2.06. The summed E-state index contributed by atoms with van der Waals surface area (Å²) in [5.74, 6) is -1.43. The van der Waals surface area contributed by atoms with Gasteiger partial charge in [-0.3, -0.25) is 4.79 Å². The topological polar surface area (TPSA) is 120 Å². The second-order valence-electron chi connectivity index (χ2n) is 5.76. The predicted molar refractivity (Wildman–Crippen MR) is 112 cm³/mol. The van der Waals surface area contributed by atoms with Gasteiger partial charge >= 0.3 is 11.9 Å². The fraction of sp³-hybridized carbons (Fsp3) is 0.263. The quantitative estimate of drug-likeness (QED) is 0.524. The second-order valence-corrected chi connectivity index (χ2v) is 7.76. The van der Waals surface area contributed by atoms with E-state index in [-0.39, 0.29) is 17.9 Å². The van der Waals surface area contributed by atoms with Crippen molar-refractivity contribution in [1.82, 2.24) is 15.0 Å². The average Bonchev–Trinajstić information content (AvgIpc) is 3.40. The van der Waals surface area contributed by atoms with E-state index in [2.05, 4.69) is 20.3 Å². The SMILES string of the molecule is CCOC(=O)c1cc(CC)sc1NC(=O)COC(=O)c1csc(-c2ncccn2)n1. The Hall–Kier alpha value is -3.18. The number of ether oxygens (including phenoxy) is 2. The van der Waals surface area contributed by atoms with Crippen molar-refractivity contribution in [2.45, 2.75) is 20.3 Å². The molecule has 0 aliphatic heterocycles. The highest BCUT2D eigenvalue weighted by Gasteiger charge is 2.20. The molecule has 0 unspecified atom stereocenters. The molecule has 30 heavy (non-hydrogen) atoms. The van der Waals surface area contributed by atoms with Crippen LogP contribution in [0, 0.1) is 0 Å². The molecule has 3 rings (SSSR count). The highest BCUT2D eigenvalue weighted by Crippen LogP contribution is 2.29. The van der Waals surface area contributed by atoms with Gasteiger partial charge in [-0.25, -0.2) is 24.5 Å². The summed E-state index contributed by atoms with van der Waals surface area (Å²) in [6, 6.07) is 3.36. The van der Waals surface area contributed by atoms with Crippen molar-refractivity contribution in [3.63, 3.8) is 0 Å². The molecule has 0 atom stereocenters. The first-order valence-corrected chi connectivity index (χ1v) is 10.7. The summed E-state index contributed by atoms with van der Waals surface area (Å²) in [4.78, 5) is 49.7. The van der Waals surface area contributed by atoms with Gasteiger partial charge < -0.3 is 14.8 Å². The van der Waals surface area contributed by atoms with E-state index < -0.39 is 24.5 Å². The molecule has 3 aromatic heterocycles. The highest BCUT2D eigenvalue weighted by atomic mass is 32.1. The number of carbonyl (C=O) groups excluding carboxylic acids is 3. The van der Waals surface area contributed by atoms with Crippen LogP contribution in [0.3, 0.4) is 0 Å². The number of esters is 2. The lowest BCUT2D eigenvalue weighted by Crippen LogP contribution is -2.21. The van der Waals surface area contributed by atoms with Crippen LogP contribution in [0.1, 0.15) is 39.6 Å². The molecule has 0 fully saturated rings. The summed E-state index contributed by atoms with van der Waals surface area (Å²) < 4.78 is 10.0. The van der Waals surface area contributed by atoms with Crippen LogP contribution in [0.15, 0.2) is 29.9 Å². The lowest BCUT2D eigenvalue weighted by molar-refractivity contribution is -0.119. The standard InChI is InChI=1S/C19H18N4O5S2/c1-3-11-8-12(18(25)27-4-2)16(30-11)23-14(24)9-28-19(26)13-10-29-17(22-13)15-20-6-5-7-21-15/h5-8,10H,3-4,9H2,1-2H3,(H,23,24). The molecule has 0 aromatic carbocycles. The molecule has 1 N–H and O–H groups in total. The summed E-state index contributed by atoms with van der Waals surface area (Å²) in [6.07, 6.45) is 3.86. The molecular formula is C19H18N4O5S2. The Morgan fingerprint density at radius 3 is 2.57 bits per heavy atom. The number of nitrogens with zero attached hydrogens (tertiary/aromatic N) is 3. The maximum atomic E-state index is 12.2. The Kier molecular flexibility index (Phi) is 7.20. The Morgan fingerprint density at radius 2 is 1.87 bits per heavy atom. The van der Waals surface area contributed by atoms with Crippen LogP contribution in [0.4, 0.5) is 5.00 Å². The van der Waals surface area contributed by atoms with E-state index in [1.807, 2.05) is 6.92 Å². The van der Waals surface area contributed by atoms with Crippen molar-refractivity contribution in [2.75, 3.05) is 18.5 Å². The van der Waals surface area contributed by atoms with Crippen LogP contribution < -0.4 is 5.32 Å². The number of thiazole rings is 1. The zero-order valence-electron chi connectivity index (χ0n) is 16.2. The molecule has 3 aromatic rings. The molecule has 1 amide bonds. The van der Waals surface area contributed by atoms with Gasteiger partial charge in [0, 0.05) is 22.7 Å². The van der Waals surface area contributed by atoms with Crippen molar-refractivity contribution < 1.29 is 23.9 Å². The zero-order chi connectivity index (χ0) is 21.5. The van der Waals surface area contributed by atoms with Crippen LogP contribution >= 0.6 is 22.7 Å². The van der Waals surface area contributed by atoms with Crippen molar-refractivity contribution in [3.05, 3.63) is 46.0 Å². The average molecular weight is 447 g/mol. The molecule has 0 saturated carbocycles. The van der Waals surface area contributed by atoms with Crippen molar-refractivity contribution in [1.29, 1.82) is 0 Å². The van der Waals surface area contributed by atoms with Crippen LogP contribution in [0.2, 0.25) is 0 Å². The van der Waals surface area contributed by atoms with E-state index in [9.17, 15) is 14.4 Å². The molecule has 0 aliphatic rings. The van der Waals surface area contributed by atoms with Crippen LogP contribution in [0.5, 0.6) is 0 Å². The molecule has 3 heterocycles. The minimum Gasteiger partial charge on any atom is -0.462 e. The van der Waals surface area contributed by atoms with E-state index in [0.29, 0.717) is 22.3 Å². The molecule has 0 saturated heterocycles. The Morgan fingerprint density at radius 1 is 1.10 bits per heavy atom. The Labute approximate surface area is 180 Å². The highest BCUT2D eigenvalue weighted by molar-refractivity contribution is 7.16. The summed E-state index contributed by atoms with van der Waals surface area (Å²) >= 11 is 2.47. The maximum Gasteiger partial charge on any atom is 0.358 e. The summed E-state index contributed by atoms with van der Waals surface area (Å²) in [5.41, 5.74) is 0.345. The Balaban J connectivity index is 1.60. The van der Waals surface area contributed by atoms with E-state index in [0.717, 1.165) is 4.88 Å². The van der Waals surface area contributed by atoms with E-state index in [1.165, 1.54) is 28.1 Å². The number of rotatable bonds is 8. The van der Waals surface area contributed by atoms with Gasteiger partial charge in [-0.2, -0.15) is 0 Å². The first kappa shape index (κ1) is 21.5. The third-order valence-corrected chi connectivity index (χ3v) is 5.72. The summed E-state index contributed by atoms with van der Waals surface area (Å²) in [6.45, 7) is 3.35. The largest absolute Gasteiger partial charge is 0.462 e. The maximum absolute atomic E-state index is 12.2. The number of anilines is 1. The van der Waals surface area contributed by atoms with Gasteiger partial charge in [0.15, 0.2) is 23.1 Å². The molecule has 9 nitrogen and oxygen atoms in total. The first-order valence-electron chi connectivity index (χ1n) is 9.01. The van der Waals surface area contributed by atoms with Gasteiger partial charge in [-0.05, 0) is 25.5 Å². The second kappa shape index (κ2) is 10.0. The fourth-order valence-corrected chi connectivity index (χ4v) is 4.05. The molecular weight excluding hydrogens is 428 g/mol.